The molecule has 0 fully saturated rings. The van der Waals surface area contributed by atoms with Gasteiger partial charge in [0, 0.05) is 24.2 Å². The fraction of sp³-hybridized carbons (Fsp3) is 0.286. The van der Waals surface area contributed by atoms with Gasteiger partial charge in [-0.15, -0.1) is 12.4 Å². The maximum atomic E-state index is 11.8. The molecule has 0 amide bonds. The number of benzene rings is 2. The number of hydrogen-bond donors (Lipinski definition) is 3. The summed E-state index contributed by atoms with van der Waals surface area (Å²) in [6.07, 6.45) is 0.844. The molecule has 150 valence electrons. The van der Waals surface area contributed by atoms with Crippen LogP contribution in [0.2, 0.25) is 0 Å². The molecule has 0 spiro atoms. The Labute approximate surface area is 169 Å². The second-order valence-corrected chi connectivity index (χ2v) is 6.43. The van der Waals surface area contributed by atoms with Crippen molar-refractivity contribution in [3.63, 3.8) is 0 Å². The van der Waals surface area contributed by atoms with E-state index in [0.717, 1.165) is 11.1 Å². The number of aromatic amines is 1. The van der Waals surface area contributed by atoms with Crippen LogP contribution in [0.4, 0.5) is 0 Å². The molecule has 2 aromatic carbocycles. The molecule has 3 aromatic rings. The fourth-order valence-electron chi connectivity index (χ4n) is 2.68. The zero-order valence-electron chi connectivity index (χ0n) is 15.6. The van der Waals surface area contributed by atoms with Crippen molar-refractivity contribution in [2.45, 2.75) is 19.1 Å². The summed E-state index contributed by atoms with van der Waals surface area (Å²) in [5.41, 5.74) is -0.160. The molecule has 1 aromatic heterocycles. The Hall–Kier alpha value is -2.54. The van der Waals surface area contributed by atoms with Gasteiger partial charge in [-0.2, -0.15) is 0 Å². The summed E-state index contributed by atoms with van der Waals surface area (Å²) in [5, 5.41) is 14.7. The molecule has 3 rings (SSSR count). The highest BCUT2D eigenvalue weighted by Gasteiger charge is 2.11. The summed E-state index contributed by atoms with van der Waals surface area (Å²) in [7, 11) is 0. The van der Waals surface area contributed by atoms with Crippen LogP contribution in [0.1, 0.15) is 6.92 Å². The molecule has 0 radical (unpaired) electrons. The highest BCUT2D eigenvalue weighted by atomic mass is 35.5. The van der Waals surface area contributed by atoms with E-state index in [1.807, 2.05) is 49.4 Å². The molecule has 3 N–H and O–H groups in total. The quantitative estimate of drug-likeness (QED) is 0.510. The smallest absolute Gasteiger partial charge is 0.256 e. The summed E-state index contributed by atoms with van der Waals surface area (Å²) in [6.45, 7) is 2.99. The minimum atomic E-state index is -0.685. The lowest BCUT2D eigenvalue weighted by Gasteiger charge is -2.18. The first-order chi connectivity index (χ1) is 13.1. The van der Waals surface area contributed by atoms with Gasteiger partial charge >= 0.3 is 0 Å². The monoisotopic (exact) mass is 404 g/mol. The minimum Gasteiger partial charge on any atom is -0.492 e. The lowest BCUT2D eigenvalue weighted by Crippen LogP contribution is -2.39. The molecule has 0 aliphatic carbocycles. The number of ether oxygens (including phenoxy) is 2. The Kier molecular flexibility index (Phi) is 8.32. The highest BCUT2D eigenvalue weighted by molar-refractivity contribution is 5.87. The average Bonchev–Trinajstić information content (AvgIpc) is 2.71. The Morgan fingerprint density at radius 2 is 1.68 bits per heavy atom. The highest BCUT2D eigenvalue weighted by Crippen LogP contribution is 2.21. The molecule has 2 unspecified atom stereocenters. The predicted octanol–water partition coefficient (Wildman–Crippen LogP) is 2.75. The van der Waals surface area contributed by atoms with Crippen molar-refractivity contribution in [2.24, 2.45) is 0 Å². The van der Waals surface area contributed by atoms with E-state index in [0.29, 0.717) is 24.3 Å². The van der Waals surface area contributed by atoms with Crippen LogP contribution in [0.5, 0.6) is 11.5 Å². The van der Waals surface area contributed by atoms with Gasteiger partial charge in [0.2, 0.25) is 0 Å². The second-order valence-electron chi connectivity index (χ2n) is 6.43. The summed E-state index contributed by atoms with van der Waals surface area (Å²) in [4.78, 5) is 14.5. The van der Waals surface area contributed by atoms with Gasteiger partial charge in [0.15, 0.2) is 0 Å². The maximum Gasteiger partial charge on any atom is 0.256 e. The van der Waals surface area contributed by atoms with Gasteiger partial charge < -0.3 is 24.9 Å². The van der Waals surface area contributed by atoms with E-state index in [9.17, 15) is 9.90 Å². The fourth-order valence-corrected chi connectivity index (χ4v) is 2.68. The van der Waals surface area contributed by atoms with E-state index < -0.39 is 6.10 Å². The van der Waals surface area contributed by atoms with Crippen LogP contribution in [0.25, 0.3) is 10.8 Å². The van der Waals surface area contributed by atoms with Crippen molar-refractivity contribution in [3.05, 3.63) is 71.1 Å². The zero-order valence-corrected chi connectivity index (χ0v) is 16.4. The number of fused-ring (bicyclic) bond motifs is 1. The standard InChI is InChI=1S/C21H24N2O4.ClH/c1-15(13-26-17-7-3-2-4-8-17)22-11-16(24)14-27-20-12-23-21(25)19-10-6-5-9-18(19)20;/h2-10,12,15-16,22,24H,11,13-14H2,1H3,(H,23,25);1H. The first kappa shape index (κ1) is 21.8. The van der Waals surface area contributed by atoms with Crippen LogP contribution in [-0.2, 0) is 0 Å². The normalized spacial score (nSPS) is 12.8. The molecule has 0 bridgehead atoms. The summed E-state index contributed by atoms with van der Waals surface area (Å²) in [5.74, 6) is 1.37. The molecule has 7 heteroatoms. The van der Waals surface area contributed by atoms with Crippen LogP contribution in [0, 0.1) is 0 Å². The number of pyridine rings is 1. The first-order valence-corrected chi connectivity index (χ1v) is 8.96. The van der Waals surface area contributed by atoms with Crippen molar-refractivity contribution in [1.82, 2.24) is 10.3 Å². The molecular weight excluding hydrogens is 380 g/mol. The van der Waals surface area contributed by atoms with E-state index in [1.165, 1.54) is 6.20 Å². The largest absolute Gasteiger partial charge is 0.492 e. The average molecular weight is 405 g/mol. The number of halogens is 1. The third kappa shape index (κ3) is 5.99. The van der Waals surface area contributed by atoms with Crippen LogP contribution in [0.3, 0.4) is 0 Å². The minimum absolute atomic E-state index is 0. The molecule has 28 heavy (non-hydrogen) atoms. The predicted molar refractivity (Wildman–Crippen MR) is 113 cm³/mol. The van der Waals surface area contributed by atoms with Gasteiger partial charge in [0.05, 0.1) is 5.39 Å². The summed E-state index contributed by atoms with van der Waals surface area (Å²) < 4.78 is 11.4. The number of rotatable bonds is 9. The molecule has 0 aliphatic heterocycles. The molecule has 2 atom stereocenters. The van der Waals surface area contributed by atoms with E-state index >= 15 is 0 Å². The van der Waals surface area contributed by atoms with Gasteiger partial charge in [0.25, 0.3) is 5.56 Å². The topological polar surface area (TPSA) is 83.6 Å². The maximum absolute atomic E-state index is 11.8. The van der Waals surface area contributed by atoms with Crippen molar-refractivity contribution < 1.29 is 14.6 Å². The Bertz CT molecular complexity index is 917. The summed E-state index contributed by atoms with van der Waals surface area (Å²) >= 11 is 0. The van der Waals surface area contributed by atoms with Crippen molar-refractivity contribution >= 4 is 23.2 Å². The van der Waals surface area contributed by atoms with Crippen LogP contribution < -0.4 is 20.3 Å². The molecular formula is C21H25ClN2O4. The number of hydrogen-bond acceptors (Lipinski definition) is 5. The van der Waals surface area contributed by atoms with Crippen LogP contribution >= 0.6 is 12.4 Å². The Morgan fingerprint density at radius 3 is 2.43 bits per heavy atom. The van der Waals surface area contributed by atoms with Gasteiger partial charge in [-0.05, 0) is 25.1 Å². The molecule has 0 saturated heterocycles. The number of H-pyrrole nitrogens is 1. The zero-order chi connectivity index (χ0) is 19.1. The number of nitrogens with one attached hydrogen (secondary N) is 2. The summed E-state index contributed by atoms with van der Waals surface area (Å²) in [6, 6.07) is 16.9. The van der Waals surface area contributed by atoms with Gasteiger partial charge in [-0.3, -0.25) is 4.79 Å². The lowest BCUT2D eigenvalue weighted by molar-refractivity contribution is 0.102. The third-order valence-corrected chi connectivity index (χ3v) is 4.15. The van der Waals surface area contributed by atoms with Crippen molar-refractivity contribution in [1.29, 1.82) is 0 Å². The molecule has 0 saturated carbocycles. The molecule has 6 nitrogen and oxygen atoms in total. The van der Waals surface area contributed by atoms with Crippen LogP contribution in [-0.4, -0.2) is 42.0 Å². The van der Waals surface area contributed by atoms with Gasteiger partial charge in [-0.1, -0.05) is 36.4 Å². The Balaban J connectivity index is 0.00000280. The van der Waals surface area contributed by atoms with Gasteiger partial charge in [0.1, 0.15) is 30.8 Å². The van der Waals surface area contributed by atoms with Crippen molar-refractivity contribution in [3.8, 4) is 11.5 Å². The van der Waals surface area contributed by atoms with Crippen molar-refractivity contribution in [2.75, 3.05) is 19.8 Å². The molecule has 0 aliphatic rings. The molecule has 1 heterocycles. The van der Waals surface area contributed by atoms with E-state index in [4.69, 9.17) is 9.47 Å². The van der Waals surface area contributed by atoms with Gasteiger partial charge in [-0.25, -0.2) is 0 Å². The second kappa shape index (κ2) is 10.7. The number of para-hydroxylation sites is 1. The SMILES string of the molecule is CC(COc1ccccc1)NCC(O)COc1c[nH]c(=O)c2ccccc12.Cl. The first-order valence-electron chi connectivity index (χ1n) is 8.96. The number of aliphatic hydroxyl groups is 1. The van der Waals surface area contributed by atoms with E-state index in [1.54, 1.807) is 12.1 Å². The number of aliphatic hydroxyl groups excluding tert-OH is 1. The van der Waals surface area contributed by atoms with E-state index in [-0.39, 0.29) is 30.6 Å². The third-order valence-electron chi connectivity index (χ3n) is 4.15. The van der Waals surface area contributed by atoms with E-state index in [2.05, 4.69) is 10.3 Å². The number of aromatic nitrogens is 1. The van der Waals surface area contributed by atoms with Crippen LogP contribution in [0.15, 0.2) is 65.6 Å². The Morgan fingerprint density at radius 1 is 1.00 bits per heavy atom. The lowest BCUT2D eigenvalue weighted by atomic mass is 10.1.